The molecule has 0 radical (unpaired) electrons. The Kier molecular flexibility index (Phi) is 3.43. The summed E-state index contributed by atoms with van der Waals surface area (Å²) in [5.74, 6) is -1.69. The van der Waals surface area contributed by atoms with Crippen LogP contribution in [0.5, 0.6) is 0 Å². The molecule has 2 heterocycles. The molecule has 0 aliphatic rings. The molecule has 0 spiro atoms. The average Bonchev–Trinajstić information content (AvgIpc) is 2.81. The monoisotopic (exact) mass is 280 g/mol. The maximum atomic E-state index is 12.0. The maximum absolute atomic E-state index is 12.0. The minimum Gasteiger partial charge on any atom is -0.481 e. The lowest BCUT2D eigenvalue weighted by Crippen LogP contribution is -2.27. The SMILES string of the molecule is Cc1nc(=O)n(-c2cnns2)c(C)c1C(C)C(=O)O. The second kappa shape index (κ2) is 4.88. The van der Waals surface area contributed by atoms with Crippen LogP contribution in [0.2, 0.25) is 0 Å². The number of aromatic nitrogens is 4. The van der Waals surface area contributed by atoms with Crippen LogP contribution >= 0.6 is 11.5 Å². The van der Waals surface area contributed by atoms with Crippen molar-refractivity contribution in [2.24, 2.45) is 0 Å². The molecule has 0 bridgehead atoms. The first-order valence-corrected chi connectivity index (χ1v) is 6.31. The van der Waals surface area contributed by atoms with Gasteiger partial charge in [-0.15, -0.1) is 5.10 Å². The fourth-order valence-electron chi connectivity index (χ4n) is 2.05. The highest BCUT2D eigenvalue weighted by atomic mass is 32.1. The van der Waals surface area contributed by atoms with Gasteiger partial charge in [-0.3, -0.25) is 9.36 Å². The van der Waals surface area contributed by atoms with E-state index in [0.29, 0.717) is 22.0 Å². The van der Waals surface area contributed by atoms with E-state index in [9.17, 15) is 9.59 Å². The molecule has 100 valence electrons. The largest absolute Gasteiger partial charge is 0.481 e. The summed E-state index contributed by atoms with van der Waals surface area (Å²) < 4.78 is 5.04. The molecule has 1 N–H and O–H groups in total. The van der Waals surface area contributed by atoms with Crippen molar-refractivity contribution >= 4 is 17.5 Å². The normalized spacial score (nSPS) is 12.4. The predicted octanol–water partition coefficient (Wildman–Crippen LogP) is 0.889. The van der Waals surface area contributed by atoms with Gasteiger partial charge in [0.1, 0.15) is 5.00 Å². The zero-order valence-electron chi connectivity index (χ0n) is 10.6. The molecule has 0 fully saturated rings. The van der Waals surface area contributed by atoms with E-state index in [2.05, 4.69) is 14.6 Å². The third-order valence-electron chi connectivity index (χ3n) is 2.94. The van der Waals surface area contributed by atoms with Crippen LogP contribution in [-0.2, 0) is 4.79 Å². The zero-order chi connectivity index (χ0) is 14.2. The molecule has 0 saturated carbocycles. The fourth-order valence-corrected chi connectivity index (χ4v) is 2.62. The van der Waals surface area contributed by atoms with E-state index in [0.717, 1.165) is 11.5 Å². The fraction of sp³-hybridized carbons (Fsp3) is 0.364. The molecule has 2 rings (SSSR count). The molecule has 1 atom stereocenters. The minimum atomic E-state index is -0.958. The van der Waals surface area contributed by atoms with Crippen LogP contribution in [0.3, 0.4) is 0 Å². The van der Waals surface area contributed by atoms with Crippen molar-refractivity contribution in [1.82, 2.24) is 19.1 Å². The highest BCUT2D eigenvalue weighted by Crippen LogP contribution is 2.23. The zero-order valence-corrected chi connectivity index (χ0v) is 11.4. The Morgan fingerprint density at radius 2 is 2.16 bits per heavy atom. The molecule has 0 aliphatic carbocycles. The van der Waals surface area contributed by atoms with Gasteiger partial charge in [0.15, 0.2) is 0 Å². The topological polar surface area (TPSA) is 98.0 Å². The van der Waals surface area contributed by atoms with Crippen molar-refractivity contribution in [1.29, 1.82) is 0 Å². The van der Waals surface area contributed by atoms with Crippen LogP contribution < -0.4 is 5.69 Å². The van der Waals surface area contributed by atoms with Crippen LogP contribution in [0.4, 0.5) is 0 Å². The Hall–Kier alpha value is -2.09. The molecular formula is C11H12N4O3S. The van der Waals surface area contributed by atoms with Gasteiger partial charge in [-0.2, -0.15) is 4.98 Å². The van der Waals surface area contributed by atoms with Gasteiger partial charge in [-0.25, -0.2) is 4.79 Å². The molecule has 2 aromatic rings. The van der Waals surface area contributed by atoms with E-state index in [-0.39, 0.29) is 0 Å². The van der Waals surface area contributed by atoms with Crippen molar-refractivity contribution in [3.63, 3.8) is 0 Å². The second-order valence-electron chi connectivity index (χ2n) is 4.13. The summed E-state index contributed by atoms with van der Waals surface area (Å²) in [6, 6.07) is 0. The number of aliphatic carboxylic acids is 1. The standard InChI is InChI=1S/C11H12N4O3S/c1-5(10(16)17)9-6(2)13-11(18)15(7(9)3)8-4-12-14-19-8/h4-5H,1-3H3,(H,16,17). The van der Waals surface area contributed by atoms with Crippen molar-refractivity contribution in [3.05, 3.63) is 33.6 Å². The van der Waals surface area contributed by atoms with Gasteiger partial charge in [-0.1, -0.05) is 4.49 Å². The van der Waals surface area contributed by atoms with Crippen molar-refractivity contribution in [2.75, 3.05) is 0 Å². The van der Waals surface area contributed by atoms with Gasteiger partial charge in [0, 0.05) is 28.5 Å². The molecule has 0 aromatic carbocycles. The molecule has 0 saturated heterocycles. The highest BCUT2D eigenvalue weighted by molar-refractivity contribution is 7.08. The van der Waals surface area contributed by atoms with Gasteiger partial charge >= 0.3 is 11.7 Å². The van der Waals surface area contributed by atoms with Crippen LogP contribution in [0.15, 0.2) is 11.0 Å². The van der Waals surface area contributed by atoms with Crippen molar-refractivity contribution in [2.45, 2.75) is 26.7 Å². The predicted molar refractivity (Wildman–Crippen MR) is 68.8 cm³/mol. The molecule has 7 nitrogen and oxygen atoms in total. The Balaban J connectivity index is 2.74. The average molecular weight is 280 g/mol. The van der Waals surface area contributed by atoms with Crippen LogP contribution in [0, 0.1) is 13.8 Å². The first kappa shape index (κ1) is 13.3. The lowest BCUT2D eigenvalue weighted by Gasteiger charge is -2.16. The number of carbonyl (C=O) groups is 1. The second-order valence-corrected chi connectivity index (χ2v) is 4.89. The number of rotatable bonds is 3. The van der Waals surface area contributed by atoms with E-state index in [1.54, 1.807) is 20.8 Å². The summed E-state index contributed by atoms with van der Waals surface area (Å²) in [5.41, 5.74) is 1.08. The smallest absolute Gasteiger partial charge is 0.353 e. The molecule has 0 amide bonds. The third kappa shape index (κ3) is 2.26. The summed E-state index contributed by atoms with van der Waals surface area (Å²) in [6.07, 6.45) is 1.45. The summed E-state index contributed by atoms with van der Waals surface area (Å²) in [5, 5.41) is 13.3. The highest BCUT2D eigenvalue weighted by Gasteiger charge is 2.23. The quantitative estimate of drug-likeness (QED) is 0.896. The summed E-state index contributed by atoms with van der Waals surface area (Å²) in [6.45, 7) is 4.90. The maximum Gasteiger partial charge on any atom is 0.353 e. The van der Waals surface area contributed by atoms with Gasteiger partial charge in [0.25, 0.3) is 0 Å². The first-order valence-electron chi connectivity index (χ1n) is 5.54. The van der Waals surface area contributed by atoms with E-state index in [1.165, 1.54) is 10.8 Å². The molecule has 8 heteroatoms. The van der Waals surface area contributed by atoms with E-state index >= 15 is 0 Å². The van der Waals surface area contributed by atoms with Crippen LogP contribution in [0.25, 0.3) is 5.00 Å². The minimum absolute atomic E-state index is 0.436. The van der Waals surface area contributed by atoms with Gasteiger partial charge in [0.05, 0.1) is 12.1 Å². The molecular weight excluding hydrogens is 268 g/mol. The van der Waals surface area contributed by atoms with Crippen LogP contribution in [0.1, 0.15) is 29.8 Å². The number of carboxylic acid groups (broad SMARTS) is 1. The Morgan fingerprint density at radius 1 is 1.47 bits per heavy atom. The van der Waals surface area contributed by atoms with E-state index in [4.69, 9.17) is 5.11 Å². The first-order chi connectivity index (χ1) is 8.93. The Bertz CT molecular complexity index is 678. The Labute approximate surface area is 112 Å². The van der Waals surface area contributed by atoms with E-state index in [1.807, 2.05) is 0 Å². The lowest BCUT2D eigenvalue weighted by atomic mass is 9.98. The third-order valence-corrected chi connectivity index (χ3v) is 3.59. The van der Waals surface area contributed by atoms with Gasteiger partial charge in [-0.05, 0) is 20.8 Å². The Morgan fingerprint density at radius 3 is 2.68 bits per heavy atom. The number of carboxylic acids is 1. The van der Waals surface area contributed by atoms with Crippen LogP contribution in [-0.4, -0.2) is 30.2 Å². The number of aryl methyl sites for hydroxylation is 1. The summed E-state index contributed by atoms with van der Waals surface area (Å²) in [7, 11) is 0. The lowest BCUT2D eigenvalue weighted by molar-refractivity contribution is -0.138. The van der Waals surface area contributed by atoms with Crippen molar-refractivity contribution in [3.8, 4) is 5.00 Å². The summed E-state index contributed by atoms with van der Waals surface area (Å²) >= 11 is 1.05. The molecule has 0 aliphatic heterocycles. The molecule has 2 aromatic heterocycles. The van der Waals surface area contributed by atoms with Crippen molar-refractivity contribution < 1.29 is 9.90 Å². The number of nitrogens with zero attached hydrogens (tertiary/aromatic N) is 4. The van der Waals surface area contributed by atoms with Gasteiger partial charge < -0.3 is 5.11 Å². The van der Waals surface area contributed by atoms with E-state index < -0.39 is 17.6 Å². The number of hydrogen-bond donors (Lipinski definition) is 1. The van der Waals surface area contributed by atoms with Gasteiger partial charge in [0.2, 0.25) is 0 Å². The molecule has 19 heavy (non-hydrogen) atoms. The molecule has 1 unspecified atom stereocenters. The number of hydrogen-bond acceptors (Lipinski definition) is 6. The summed E-state index contributed by atoms with van der Waals surface area (Å²) in [4.78, 5) is 27.0.